The number of nitrogens with two attached hydrogens (primary N) is 2. The number of aliphatic hydroxyl groups excluding tert-OH is 2. The van der Waals surface area contributed by atoms with E-state index in [-0.39, 0.29) is 113 Å². The van der Waals surface area contributed by atoms with Gasteiger partial charge < -0.3 is 87.6 Å². The first-order chi connectivity index (χ1) is 43.2. The number of carboxylic acids is 1. The van der Waals surface area contributed by atoms with Crippen molar-refractivity contribution in [1.82, 2.24) is 56.6 Å². The van der Waals surface area contributed by atoms with E-state index < -0.39 is 90.3 Å². The molecule has 0 saturated carbocycles. The minimum Gasteiger partial charge on any atom is -0.480 e. The summed E-state index contributed by atoms with van der Waals surface area (Å²) in [6, 6.07) is 0.724. The molecule has 8 amide bonds. The number of likely N-dealkylation sites (N-methyl/N-ethyl adjacent to an activating group) is 1. The Labute approximate surface area is 540 Å². The lowest BCUT2D eigenvalue weighted by Crippen LogP contribution is -2.60. The van der Waals surface area contributed by atoms with Crippen LogP contribution in [0.25, 0.3) is 0 Å². The Morgan fingerprint density at radius 2 is 1.44 bits per heavy atom. The van der Waals surface area contributed by atoms with Crippen molar-refractivity contribution in [3.8, 4) is 0 Å². The number of guanidine groups is 1. The number of carboxylic acid groups (broad SMARTS) is 1. The fourth-order valence-electron chi connectivity index (χ4n) is 9.92. The number of hydrogen-bond donors (Lipinski definition) is 11. The largest absolute Gasteiger partial charge is 0.480 e. The zero-order valence-corrected chi connectivity index (χ0v) is 54.9. The lowest BCUT2D eigenvalue weighted by Gasteiger charge is -2.39. The molecule has 0 spiro atoms. The minimum absolute atomic E-state index is 0.00716. The molecule has 2 aromatic rings. The standard InChI is InChI=1S/C59H94ClN15O15S/c1-35(2)50(56(84)70-44(30-76)54(82)67-38(6)58(86)87)71-53(81)43(10-9-15-64-59(61)62)69-55(83)45(68-39(7)77)32-91-33-47(79)63-16-23-88-24-25-89-26-27-90-31-48(80)72(8)17-18-75(36(3)4)29-42(40-11-13-41(60)14-12-40)57(85)74-21-19-73(20-22-74)52-49-37(5)28-46(78)51(49)65-34-66-52/h11-14,34-38,42-46,50,76,78H,9-10,15-33H2,1-8H3,(H,63,79)(H,67,82)(H,68,77)(H,69,83)(H,70,84)(H,71,81)(H,86,87)(H4,61,62,64)/t37-,38+,42-,43+,44+,45+,46-,50+/m1/s1. The normalized spacial score (nSPS) is 16.6. The number of aliphatic imine (C=N–C) groups is 1. The van der Waals surface area contributed by atoms with Gasteiger partial charge in [0.1, 0.15) is 49.0 Å². The molecule has 2 heterocycles. The minimum atomic E-state index is -1.56. The average Bonchev–Trinajstić information content (AvgIpc) is 1.70. The number of thioether (sulfide) groups is 1. The van der Waals surface area contributed by atoms with E-state index in [2.05, 4.69) is 77.4 Å². The van der Waals surface area contributed by atoms with Crippen molar-refractivity contribution < 1.29 is 72.7 Å². The van der Waals surface area contributed by atoms with E-state index in [4.69, 9.17) is 42.4 Å². The maximum absolute atomic E-state index is 14.5. The lowest BCUT2D eigenvalue weighted by atomic mass is 9.95. The number of carbonyl (C=O) groups excluding carboxylic acids is 8. The molecule has 13 N–H and O–H groups in total. The number of anilines is 1. The molecule has 1 saturated heterocycles. The van der Waals surface area contributed by atoms with E-state index >= 15 is 0 Å². The van der Waals surface area contributed by atoms with E-state index in [0.717, 1.165) is 28.7 Å². The van der Waals surface area contributed by atoms with Crippen LogP contribution in [0.4, 0.5) is 5.82 Å². The predicted octanol–water partition coefficient (Wildman–Crippen LogP) is -1.58. The first-order valence-electron chi connectivity index (χ1n) is 30.5. The number of piperazine rings is 1. The predicted molar refractivity (Wildman–Crippen MR) is 341 cm³/mol. The summed E-state index contributed by atoms with van der Waals surface area (Å²) in [7, 11) is 1.71. The lowest BCUT2D eigenvalue weighted by molar-refractivity contribution is -0.142. The van der Waals surface area contributed by atoms with Gasteiger partial charge in [-0.15, -0.1) is 11.8 Å². The number of nitrogens with one attached hydrogen (secondary N) is 6. The number of aromatic nitrogens is 2. The van der Waals surface area contributed by atoms with E-state index in [9.17, 15) is 53.4 Å². The summed E-state index contributed by atoms with van der Waals surface area (Å²) in [6.45, 7) is 15.4. The van der Waals surface area contributed by atoms with Crippen LogP contribution < -0.4 is 48.3 Å². The van der Waals surface area contributed by atoms with E-state index in [1.165, 1.54) is 20.2 Å². The van der Waals surface area contributed by atoms with Crippen LogP contribution in [0.1, 0.15) is 102 Å². The van der Waals surface area contributed by atoms with Crippen molar-refractivity contribution in [3.05, 3.63) is 52.4 Å². The topological polar surface area (TPSA) is 417 Å². The van der Waals surface area contributed by atoms with Crippen LogP contribution in [0.2, 0.25) is 5.02 Å². The molecular formula is C59H94ClN15O15S. The SMILES string of the molecule is CC(=O)N[C@@H](CSCC(=O)NCCOCCOCCOCC(=O)N(C)CCN(C[C@@H](C(=O)N1CCN(c2ncnc3c2[C@H](C)C[C@H]3O)CC1)c1ccc(Cl)cc1)C(C)C)C(=O)N[C@@H](CCCN=C(N)N)C(=O)N[C@H](C(=O)N[C@@H](CO)C(=O)N[C@@H](C)C(=O)O)C(C)C. The van der Waals surface area contributed by atoms with Crippen LogP contribution in [0.5, 0.6) is 0 Å². The van der Waals surface area contributed by atoms with E-state index in [0.29, 0.717) is 63.0 Å². The summed E-state index contributed by atoms with van der Waals surface area (Å²) in [5, 5.41) is 44.9. The van der Waals surface area contributed by atoms with Crippen LogP contribution >= 0.6 is 23.4 Å². The van der Waals surface area contributed by atoms with Crippen molar-refractivity contribution >= 4 is 88.4 Å². The zero-order chi connectivity index (χ0) is 67.3. The molecule has 4 rings (SSSR count). The van der Waals surface area contributed by atoms with Crippen molar-refractivity contribution in [2.24, 2.45) is 22.4 Å². The van der Waals surface area contributed by atoms with Crippen molar-refractivity contribution in [1.29, 1.82) is 0 Å². The second kappa shape index (κ2) is 39.4. The number of fused-ring (bicyclic) bond motifs is 1. The number of nitrogens with zero attached hydrogens (tertiary/aromatic N) is 7. The van der Waals surface area contributed by atoms with Gasteiger partial charge in [-0.2, -0.15) is 0 Å². The number of amides is 8. The second-order valence-corrected chi connectivity index (χ2v) is 24.4. The molecule has 1 aromatic carbocycles. The summed E-state index contributed by atoms with van der Waals surface area (Å²) in [5.41, 5.74) is 13.4. The highest BCUT2D eigenvalue weighted by Gasteiger charge is 2.37. The van der Waals surface area contributed by atoms with Gasteiger partial charge in [0, 0.05) is 95.3 Å². The van der Waals surface area contributed by atoms with Gasteiger partial charge in [0.15, 0.2) is 5.96 Å². The van der Waals surface area contributed by atoms with Gasteiger partial charge in [0.05, 0.1) is 63.1 Å². The molecule has 0 radical (unpaired) electrons. The number of aliphatic hydroxyl groups is 2. The Hall–Kier alpha value is -7.00. The van der Waals surface area contributed by atoms with Gasteiger partial charge in [-0.05, 0) is 69.6 Å². The van der Waals surface area contributed by atoms with Crippen LogP contribution in [-0.4, -0.2) is 259 Å². The molecule has 2 aliphatic rings. The second-order valence-electron chi connectivity index (χ2n) is 22.9. The van der Waals surface area contributed by atoms with Crippen LogP contribution in [0.15, 0.2) is 35.6 Å². The van der Waals surface area contributed by atoms with Gasteiger partial charge in [-0.3, -0.25) is 53.0 Å². The number of hydrogen-bond acceptors (Lipinski definition) is 20. The average molecular weight is 1320 g/mol. The summed E-state index contributed by atoms with van der Waals surface area (Å²) in [6.07, 6.45) is 1.65. The third-order valence-corrected chi connectivity index (χ3v) is 16.4. The van der Waals surface area contributed by atoms with Gasteiger partial charge in [0.2, 0.25) is 47.3 Å². The number of carbonyl (C=O) groups is 9. The monoisotopic (exact) mass is 1320 g/mol. The molecule has 1 fully saturated rings. The molecule has 91 heavy (non-hydrogen) atoms. The summed E-state index contributed by atoms with van der Waals surface area (Å²) >= 11 is 7.32. The number of halogens is 1. The Morgan fingerprint density at radius 1 is 0.813 bits per heavy atom. The maximum atomic E-state index is 14.5. The fraction of sp³-hybridized carbons (Fsp3) is 0.661. The van der Waals surface area contributed by atoms with Crippen LogP contribution in [0, 0.1) is 5.92 Å². The molecule has 1 aromatic heterocycles. The van der Waals surface area contributed by atoms with Gasteiger partial charge in [-0.1, -0.05) is 44.5 Å². The summed E-state index contributed by atoms with van der Waals surface area (Å²) in [5.74, 6) is -6.48. The van der Waals surface area contributed by atoms with Crippen molar-refractivity contribution in [2.75, 3.05) is 129 Å². The first kappa shape index (κ1) is 76.5. The Morgan fingerprint density at radius 3 is 2.05 bits per heavy atom. The quantitative estimate of drug-likeness (QED) is 0.0204. The summed E-state index contributed by atoms with van der Waals surface area (Å²) in [4.78, 5) is 138. The Kier molecular flexibility index (Phi) is 33.1. The van der Waals surface area contributed by atoms with E-state index in [1.54, 1.807) is 37.9 Å². The van der Waals surface area contributed by atoms with Gasteiger partial charge in [-0.25, -0.2) is 9.97 Å². The molecule has 32 heteroatoms. The van der Waals surface area contributed by atoms with Gasteiger partial charge >= 0.3 is 5.97 Å². The third kappa shape index (κ3) is 25.9. The van der Waals surface area contributed by atoms with Crippen molar-refractivity contribution in [3.63, 3.8) is 0 Å². The number of ether oxygens (including phenoxy) is 3. The number of benzene rings is 1. The molecular weight excluding hydrogens is 1230 g/mol. The summed E-state index contributed by atoms with van der Waals surface area (Å²) < 4.78 is 16.8. The molecule has 0 bridgehead atoms. The van der Waals surface area contributed by atoms with Crippen molar-refractivity contribution in [2.45, 2.75) is 122 Å². The molecule has 1 aliphatic heterocycles. The molecule has 1 aliphatic carbocycles. The van der Waals surface area contributed by atoms with Crippen LogP contribution in [0.3, 0.4) is 0 Å². The number of rotatable bonds is 40. The molecule has 30 nitrogen and oxygen atoms in total. The van der Waals surface area contributed by atoms with E-state index in [1.807, 2.05) is 17.0 Å². The highest BCUT2D eigenvalue weighted by atomic mass is 35.5. The Bertz CT molecular complexity index is 2740. The Balaban J connectivity index is 1.14. The van der Waals surface area contributed by atoms with Gasteiger partial charge in [0.25, 0.3) is 0 Å². The number of aliphatic carboxylic acids is 1. The smallest absolute Gasteiger partial charge is 0.325 e. The third-order valence-electron chi connectivity index (χ3n) is 15.2. The highest BCUT2D eigenvalue weighted by Crippen LogP contribution is 2.43. The highest BCUT2D eigenvalue weighted by molar-refractivity contribution is 8.00. The zero-order valence-electron chi connectivity index (χ0n) is 53.3. The molecule has 8 atom stereocenters. The first-order valence-corrected chi connectivity index (χ1v) is 32.0. The fourth-order valence-corrected chi connectivity index (χ4v) is 10.9. The maximum Gasteiger partial charge on any atom is 0.325 e. The molecule has 508 valence electrons. The molecule has 0 unspecified atom stereocenters. The van der Waals surface area contributed by atoms with Crippen LogP contribution in [-0.2, 0) is 57.4 Å².